The zero-order valence-electron chi connectivity index (χ0n) is 6.92. The molecule has 2 heterocycles. The molecule has 0 radical (unpaired) electrons. The van der Waals surface area contributed by atoms with E-state index in [2.05, 4.69) is 15.0 Å². The Bertz CT molecular complexity index is 567. The van der Waals surface area contributed by atoms with Gasteiger partial charge in [0.05, 0.1) is 5.52 Å². The Morgan fingerprint density at radius 1 is 1.23 bits per heavy atom. The molecular formula is C8H7N3O2. The van der Waals surface area contributed by atoms with Gasteiger partial charge in [0.25, 0.3) is 0 Å². The van der Waals surface area contributed by atoms with Crippen LogP contribution in [0.4, 0.5) is 0 Å². The molecule has 2 rings (SSSR count). The van der Waals surface area contributed by atoms with Crippen LogP contribution in [0.5, 0.6) is 0 Å². The van der Waals surface area contributed by atoms with Crippen molar-refractivity contribution in [2.75, 3.05) is 0 Å². The normalized spacial score (nSPS) is 10.5. The maximum absolute atomic E-state index is 10.9. The van der Waals surface area contributed by atoms with Gasteiger partial charge in [0.2, 0.25) is 0 Å². The Hall–Kier alpha value is -1.91. The quantitative estimate of drug-likeness (QED) is 0.552. The average Bonchev–Trinajstić information content (AvgIpc) is 2.08. The molecule has 5 heteroatoms. The Kier molecular flexibility index (Phi) is 1.51. The number of H-pyrrole nitrogens is 2. The Morgan fingerprint density at radius 3 is 2.69 bits per heavy atom. The highest BCUT2D eigenvalue weighted by Crippen LogP contribution is 2.03. The zero-order chi connectivity index (χ0) is 9.42. The predicted molar refractivity (Wildman–Crippen MR) is 47.7 cm³/mol. The summed E-state index contributed by atoms with van der Waals surface area (Å²) in [5.41, 5.74) is 0.541. The summed E-state index contributed by atoms with van der Waals surface area (Å²) in [4.78, 5) is 30.6. The fourth-order valence-electron chi connectivity index (χ4n) is 1.11. The fourth-order valence-corrected chi connectivity index (χ4v) is 1.11. The summed E-state index contributed by atoms with van der Waals surface area (Å²) < 4.78 is 0. The van der Waals surface area contributed by atoms with E-state index in [0.29, 0.717) is 11.2 Å². The van der Waals surface area contributed by atoms with Crippen molar-refractivity contribution in [1.29, 1.82) is 0 Å². The number of pyridine rings is 1. The van der Waals surface area contributed by atoms with Gasteiger partial charge >= 0.3 is 11.1 Å². The summed E-state index contributed by atoms with van der Waals surface area (Å²) in [5.74, 6) is 0. The molecule has 5 nitrogen and oxygen atoms in total. The van der Waals surface area contributed by atoms with E-state index in [-0.39, 0.29) is 0 Å². The number of rotatable bonds is 0. The molecule has 0 aliphatic heterocycles. The topological polar surface area (TPSA) is 78.6 Å². The van der Waals surface area contributed by atoms with Crippen LogP contribution in [0.2, 0.25) is 0 Å². The van der Waals surface area contributed by atoms with Crippen molar-refractivity contribution in [3.8, 4) is 0 Å². The zero-order valence-corrected chi connectivity index (χ0v) is 6.92. The molecule has 0 aromatic carbocycles. The summed E-state index contributed by atoms with van der Waals surface area (Å²) >= 11 is 0. The molecule has 0 unspecified atom stereocenters. The van der Waals surface area contributed by atoms with Gasteiger partial charge in [-0.1, -0.05) is 0 Å². The first kappa shape index (κ1) is 7.72. The average molecular weight is 177 g/mol. The van der Waals surface area contributed by atoms with Gasteiger partial charge in [-0.3, -0.25) is 9.59 Å². The van der Waals surface area contributed by atoms with Gasteiger partial charge < -0.3 is 9.97 Å². The van der Waals surface area contributed by atoms with E-state index >= 15 is 0 Å². The summed E-state index contributed by atoms with van der Waals surface area (Å²) in [6.45, 7) is 1.86. The molecule has 0 aliphatic carbocycles. The molecular weight excluding hydrogens is 170 g/mol. The molecule has 0 amide bonds. The number of aromatic nitrogens is 3. The van der Waals surface area contributed by atoms with Crippen molar-refractivity contribution in [2.24, 2.45) is 0 Å². The molecule has 0 spiro atoms. The number of hydrogen-bond acceptors (Lipinski definition) is 3. The molecule has 0 atom stereocenters. The number of fused-ring (bicyclic) bond motifs is 1. The van der Waals surface area contributed by atoms with Crippen LogP contribution < -0.4 is 11.1 Å². The van der Waals surface area contributed by atoms with Crippen LogP contribution in [0.1, 0.15) is 5.56 Å². The first-order valence-corrected chi connectivity index (χ1v) is 3.76. The molecule has 0 saturated carbocycles. The molecule has 0 fully saturated rings. The maximum Gasteiger partial charge on any atom is 0.315 e. The lowest BCUT2D eigenvalue weighted by Gasteiger charge is -1.96. The van der Waals surface area contributed by atoms with Gasteiger partial charge in [-0.25, -0.2) is 4.98 Å². The Labute approximate surface area is 72.5 Å². The van der Waals surface area contributed by atoms with Crippen LogP contribution in [0.3, 0.4) is 0 Å². The lowest BCUT2D eigenvalue weighted by molar-refractivity contribution is 1.11. The summed E-state index contributed by atoms with van der Waals surface area (Å²) in [6.07, 6.45) is 1.62. The van der Waals surface area contributed by atoms with Gasteiger partial charge in [-0.2, -0.15) is 0 Å². The van der Waals surface area contributed by atoms with E-state index in [1.165, 1.54) is 0 Å². The third kappa shape index (κ3) is 1.24. The minimum atomic E-state index is -0.677. The number of hydrogen-bond donors (Lipinski definition) is 2. The Morgan fingerprint density at radius 2 is 1.92 bits per heavy atom. The number of nitrogens with zero attached hydrogens (tertiary/aromatic N) is 1. The third-order valence-electron chi connectivity index (χ3n) is 1.71. The lowest BCUT2D eigenvalue weighted by Crippen LogP contribution is -2.29. The number of nitrogens with one attached hydrogen (secondary N) is 2. The molecule has 2 aromatic heterocycles. The highest BCUT2D eigenvalue weighted by Gasteiger charge is 1.99. The van der Waals surface area contributed by atoms with Gasteiger partial charge in [0, 0.05) is 6.20 Å². The van der Waals surface area contributed by atoms with Crippen molar-refractivity contribution >= 4 is 11.2 Å². The molecule has 0 bridgehead atoms. The van der Waals surface area contributed by atoms with Crippen LogP contribution in [0.25, 0.3) is 11.2 Å². The molecule has 13 heavy (non-hydrogen) atoms. The lowest BCUT2D eigenvalue weighted by atomic mass is 10.3. The van der Waals surface area contributed by atoms with Crippen LogP contribution >= 0.6 is 0 Å². The maximum atomic E-state index is 10.9. The smallest absolute Gasteiger partial charge is 0.315 e. The molecule has 66 valence electrons. The van der Waals surface area contributed by atoms with Crippen molar-refractivity contribution in [1.82, 2.24) is 15.0 Å². The van der Waals surface area contributed by atoms with E-state index in [9.17, 15) is 9.59 Å². The molecule has 2 N–H and O–H groups in total. The second-order valence-corrected chi connectivity index (χ2v) is 2.82. The number of aromatic amines is 2. The SMILES string of the molecule is Cc1cnc2[nH]c(=O)c(=O)[nH]c2c1. The predicted octanol–water partition coefficient (Wildman–Crippen LogP) is -0.0802. The highest BCUT2D eigenvalue weighted by atomic mass is 16.2. The van der Waals surface area contributed by atoms with Gasteiger partial charge in [-0.15, -0.1) is 0 Å². The van der Waals surface area contributed by atoms with Crippen molar-refractivity contribution in [2.45, 2.75) is 6.92 Å². The van der Waals surface area contributed by atoms with Gasteiger partial charge in [-0.05, 0) is 18.6 Å². The van der Waals surface area contributed by atoms with E-state index in [4.69, 9.17) is 0 Å². The summed E-state index contributed by atoms with van der Waals surface area (Å²) in [7, 11) is 0. The van der Waals surface area contributed by atoms with Crippen LogP contribution in [0, 0.1) is 6.92 Å². The summed E-state index contributed by atoms with van der Waals surface area (Å²) in [6, 6.07) is 1.75. The Balaban J connectivity index is 2.97. The standard InChI is InChI=1S/C8H7N3O2/c1-4-2-5-6(9-3-4)11-8(13)7(12)10-5/h2-3H,1H3,(H,10,12)(H,9,11,13). The second-order valence-electron chi connectivity index (χ2n) is 2.82. The highest BCUT2D eigenvalue weighted by molar-refractivity contribution is 5.69. The minimum Gasteiger partial charge on any atom is -0.315 e. The van der Waals surface area contributed by atoms with Gasteiger partial charge in [0.15, 0.2) is 5.65 Å². The van der Waals surface area contributed by atoms with E-state index < -0.39 is 11.1 Å². The first-order valence-electron chi connectivity index (χ1n) is 3.76. The first-order chi connectivity index (χ1) is 6.16. The van der Waals surface area contributed by atoms with E-state index in [0.717, 1.165) is 5.56 Å². The second kappa shape index (κ2) is 2.55. The van der Waals surface area contributed by atoms with Crippen LogP contribution in [0.15, 0.2) is 21.9 Å². The van der Waals surface area contributed by atoms with E-state index in [1.54, 1.807) is 12.3 Å². The van der Waals surface area contributed by atoms with Gasteiger partial charge in [0.1, 0.15) is 0 Å². The van der Waals surface area contributed by atoms with Crippen LogP contribution in [-0.2, 0) is 0 Å². The van der Waals surface area contributed by atoms with Crippen molar-refractivity contribution < 1.29 is 0 Å². The molecule has 0 saturated heterocycles. The van der Waals surface area contributed by atoms with Crippen molar-refractivity contribution in [3.63, 3.8) is 0 Å². The molecule has 2 aromatic rings. The van der Waals surface area contributed by atoms with Crippen LogP contribution in [-0.4, -0.2) is 15.0 Å². The molecule has 0 aliphatic rings. The monoisotopic (exact) mass is 177 g/mol. The largest absolute Gasteiger partial charge is 0.315 e. The number of aryl methyl sites for hydroxylation is 1. The minimum absolute atomic E-state index is 0.398. The van der Waals surface area contributed by atoms with Crippen molar-refractivity contribution in [3.05, 3.63) is 38.5 Å². The fraction of sp³-hybridized carbons (Fsp3) is 0.125. The van der Waals surface area contributed by atoms with E-state index in [1.807, 2.05) is 6.92 Å². The third-order valence-corrected chi connectivity index (χ3v) is 1.71. The summed E-state index contributed by atoms with van der Waals surface area (Å²) in [5, 5.41) is 0.